The van der Waals surface area contributed by atoms with Crippen LogP contribution >= 0.6 is 15.9 Å². The second-order valence-corrected chi connectivity index (χ2v) is 5.89. The number of amides is 1. The van der Waals surface area contributed by atoms with Crippen LogP contribution in [-0.4, -0.2) is 12.5 Å². The second-order valence-electron chi connectivity index (χ2n) is 4.97. The van der Waals surface area contributed by atoms with E-state index in [1.807, 2.05) is 42.5 Å². The standard InChI is InChI=1S/C18H13BrFNO2/c19-14-6-8-17(16(20)10-14)23-11-18(22)21-15-7-5-12-3-1-2-4-13(12)9-15/h1-10H,11H2,(H,21,22). The van der Waals surface area contributed by atoms with Gasteiger partial charge >= 0.3 is 0 Å². The Kier molecular flexibility index (Phi) is 4.57. The molecular weight excluding hydrogens is 361 g/mol. The highest BCUT2D eigenvalue weighted by Crippen LogP contribution is 2.22. The fourth-order valence-electron chi connectivity index (χ4n) is 2.20. The van der Waals surface area contributed by atoms with E-state index in [2.05, 4.69) is 21.2 Å². The maximum absolute atomic E-state index is 13.6. The zero-order valence-electron chi connectivity index (χ0n) is 12.1. The van der Waals surface area contributed by atoms with Crippen molar-refractivity contribution in [1.29, 1.82) is 0 Å². The lowest BCUT2D eigenvalue weighted by molar-refractivity contribution is -0.118. The average Bonchev–Trinajstić information content (AvgIpc) is 2.54. The topological polar surface area (TPSA) is 38.3 Å². The molecule has 3 aromatic carbocycles. The van der Waals surface area contributed by atoms with Crippen molar-refractivity contribution in [2.45, 2.75) is 0 Å². The monoisotopic (exact) mass is 373 g/mol. The number of fused-ring (bicyclic) bond motifs is 1. The van der Waals surface area contributed by atoms with Crippen LogP contribution < -0.4 is 10.1 Å². The van der Waals surface area contributed by atoms with Crippen LogP contribution in [0.2, 0.25) is 0 Å². The van der Waals surface area contributed by atoms with Gasteiger partial charge in [0.25, 0.3) is 5.91 Å². The zero-order chi connectivity index (χ0) is 16.2. The lowest BCUT2D eigenvalue weighted by atomic mass is 10.1. The summed E-state index contributed by atoms with van der Waals surface area (Å²) >= 11 is 3.17. The van der Waals surface area contributed by atoms with E-state index < -0.39 is 5.82 Å². The van der Waals surface area contributed by atoms with Crippen molar-refractivity contribution in [2.24, 2.45) is 0 Å². The number of hydrogen-bond donors (Lipinski definition) is 1. The Morgan fingerprint density at radius 3 is 2.61 bits per heavy atom. The molecule has 0 heterocycles. The van der Waals surface area contributed by atoms with Crippen LogP contribution in [-0.2, 0) is 4.79 Å². The van der Waals surface area contributed by atoms with E-state index in [-0.39, 0.29) is 18.3 Å². The zero-order valence-corrected chi connectivity index (χ0v) is 13.6. The third-order valence-electron chi connectivity index (χ3n) is 3.29. The lowest BCUT2D eigenvalue weighted by Crippen LogP contribution is -2.20. The number of benzene rings is 3. The van der Waals surface area contributed by atoms with Crippen LogP contribution in [0, 0.1) is 5.82 Å². The molecule has 3 nitrogen and oxygen atoms in total. The van der Waals surface area contributed by atoms with Crippen molar-refractivity contribution in [3.05, 3.63) is 71.0 Å². The van der Waals surface area contributed by atoms with Gasteiger partial charge in [0.2, 0.25) is 0 Å². The predicted molar refractivity (Wildman–Crippen MR) is 92.2 cm³/mol. The van der Waals surface area contributed by atoms with Crippen LogP contribution in [0.5, 0.6) is 5.75 Å². The first-order valence-corrected chi connectivity index (χ1v) is 7.77. The number of halogens is 2. The normalized spacial score (nSPS) is 10.5. The van der Waals surface area contributed by atoms with Crippen LogP contribution in [0.1, 0.15) is 0 Å². The Balaban J connectivity index is 1.64. The van der Waals surface area contributed by atoms with Crippen LogP contribution in [0.3, 0.4) is 0 Å². The minimum atomic E-state index is -0.516. The fraction of sp³-hybridized carbons (Fsp3) is 0.0556. The Hall–Kier alpha value is -2.40. The molecule has 0 aliphatic rings. The SMILES string of the molecule is O=C(COc1ccc(Br)cc1F)Nc1ccc2ccccc2c1. The van der Waals surface area contributed by atoms with Crippen LogP contribution in [0.25, 0.3) is 10.8 Å². The lowest BCUT2D eigenvalue weighted by Gasteiger charge is -2.09. The first-order valence-electron chi connectivity index (χ1n) is 6.98. The molecular formula is C18H13BrFNO2. The van der Waals surface area contributed by atoms with Crippen molar-refractivity contribution in [1.82, 2.24) is 0 Å². The molecule has 1 N–H and O–H groups in total. The highest BCUT2D eigenvalue weighted by molar-refractivity contribution is 9.10. The van der Waals surface area contributed by atoms with E-state index in [1.165, 1.54) is 12.1 Å². The molecule has 0 atom stereocenters. The van der Waals surface area contributed by atoms with Gasteiger partial charge < -0.3 is 10.1 Å². The summed E-state index contributed by atoms with van der Waals surface area (Å²) in [6.45, 7) is -0.259. The molecule has 0 fully saturated rings. The molecule has 5 heteroatoms. The summed E-state index contributed by atoms with van der Waals surface area (Å²) in [5, 5.41) is 4.87. The second kappa shape index (κ2) is 6.79. The predicted octanol–water partition coefficient (Wildman–Crippen LogP) is 4.76. The van der Waals surface area contributed by atoms with Crippen LogP contribution in [0.4, 0.5) is 10.1 Å². The Labute approximate surface area is 141 Å². The van der Waals surface area contributed by atoms with Gasteiger partial charge in [-0.2, -0.15) is 0 Å². The minimum absolute atomic E-state index is 0.0434. The Bertz CT molecular complexity index is 867. The fourth-order valence-corrected chi connectivity index (χ4v) is 2.53. The smallest absolute Gasteiger partial charge is 0.262 e. The molecule has 0 radical (unpaired) electrons. The molecule has 3 aromatic rings. The number of hydrogen-bond acceptors (Lipinski definition) is 2. The van der Waals surface area contributed by atoms with E-state index in [0.29, 0.717) is 10.2 Å². The maximum Gasteiger partial charge on any atom is 0.262 e. The molecule has 1 amide bonds. The first-order chi connectivity index (χ1) is 11.1. The largest absolute Gasteiger partial charge is 0.481 e. The van der Waals surface area contributed by atoms with E-state index in [1.54, 1.807) is 6.07 Å². The minimum Gasteiger partial charge on any atom is -0.481 e. The highest BCUT2D eigenvalue weighted by atomic mass is 79.9. The molecule has 116 valence electrons. The third-order valence-corrected chi connectivity index (χ3v) is 3.78. The number of rotatable bonds is 4. The summed E-state index contributed by atoms with van der Waals surface area (Å²) in [5.41, 5.74) is 0.675. The van der Waals surface area contributed by atoms with Gasteiger partial charge in [0, 0.05) is 10.2 Å². The van der Waals surface area contributed by atoms with Crippen molar-refractivity contribution in [3.8, 4) is 5.75 Å². The van der Waals surface area contributed by atoms with E-state index >= 15 is 0 Å². The van der Waals surface area contributed by atoms with E-state index in [4.69, 9.17) is 4.74 Å². The third kappa shape index (κ3) is 3.87. The van der Waals surface area contributed by atoms with Gasteiger partial charge in [-0.25, -0.2) is 4.39 Å². The molecule has 0 aliphatic heterocycles. The average molecular weight is 374 g/mol. The molecule has 0 aromatic heterocycles. The van der Waals surface area contributed by atoms with Gasteiger partial charge in [-0.15, -0.1) is 0 Å². The summed E-state index contributed by atoms with van der Waals surface area (Å²) in [7, 11) is 0. The summed E-state index contributed by atoms with van der Waals surface area (Å²) in [6, 6.07) is 17.9. The number of ether oxygens (including phenoxy) is 1. The van der Waals surface area contributed by atoms with Gasteiger partial charge in [0.1, 0.15) is 0 Å². The molecule has 0 spiro atoms. The summed E-state index contributed by atoms with van der Waals surface area (Å²) < 4.78 is 19.4. The first kappa shape index (κ1) is 15.5. The molecule has 23 heavy (non-hydrogen) atoms. The maximum atomic E-state index is 13.6. The van der Waals surface area contributed by atoms with E-state index in [9.17, 15) is 9.18 Å². The van der Waals surface area contributed by atoms with Gasteiger partial charge in [-0.1, -0.05) is 46.3 Å². The van der Waals surface area contributed by atoms with Gasteiger partial charge in [0.15, 0.2) is 18.2 Å². The number of anilines is 1. The van der Waals surface area contributed by atoms with Crippen molar-refractivity contribution >= 4 is 38.3 Å². The molecule has 0 saturated heterocycles. The van der Waals surface area contributed by atoms with Crippen LogP contribution in [0.15, 0.2) is 65.1 Å². The summed E-state index contributed by atoms with van der Waals surface area (Å²) in [6.07, 6.45) is 0. The molecule has 0 bridgehead atoms. The Morgan fingerprint density at radius 1 is 1.04 bits per heavy atom. The number of carbonyl (C=O) groups excluding carboxylic acids is 1. The molecule has 0 saturated carbocycles. The van der Waals surface area contributed by atoms with Gasteiger partial charge in [0.05, 0.1) is 0 Å². The quantitative estimate of drug-likeness (QED) is 0.715. The summed E-state index contributed by atoms with van der Waals surface area (Å²) in [4.78, 5) is 11.9. The van der Waals surface area contributed by atoms with E-state index in [0.717, 1.165) is 10.8 Å². The highest BCUT2D eigenvalue weighted by Gasteiger charge is 2.08. The molecule has 0 unspecified atom stereocenters. The summed E-state index contributed by atoms with van der Waals surface area (Å²) in [5.74, 6) is -0.817. The van der Waals surface area contributed by atoms with Gasteiger partial charge in [-0.05, 0) is 41.1 Å². The van der Waals surface area contributed by atoms with Crippen molar-refractivity contribution in [2.75, 3.05) is 11.9 Å². The number of nitrogens with one attached hydrogen (secondary N) is 1. The van der Waals surface area contributed by atoms with Gasteiger partial charge in [-0.3, -0.25) is 4.79 Å². The van der Waals surface area contributed by atoms with Crippen molar-refractivity contribution < 1.29 is 13.9 Å². The van der Waals surface area contributed by atoms with Crippen molar-refractivity contribution in [3.63, 3.8) is 0 Å². The number of carbonyl (C=O) groups is 1. The molecule has 0 aliphatic carbocycles. The molecule has 3 rings (SSSR count). The Morgan fingerprint density at radius 2 is 1.83 bits per heavy atom.